The van der Waals surface area contributed by atoms with Gasteiger partial charge in [-0.15, -0.1) is 0 Å². The molecule has 0 spiro atoms. The van der Waals surface area contributed by atoms with Crippen molar-refractivity contribution in [2.24, 2.45) is 0 Å². The summed E-state index contributed by atoms with van der Waals surface area (Å²) >= 11 is 3.50. The highest BCUT2D eigenvalue weighted by Crippen LogP contribution is 2.38. The fourth-order valence-electron chi connectivity index (χ4n) is 5.84. The molecule has 0 fully saturated rings. The second-order valence-corrected chi connectivity index (χ2v) is 17.1. The lowest BCUT2D eigenvalue weighted by atomic mass is 9.78. The maximum atomic E-state index is 10.4. The monoisotopic (exact) mass is 644 g/mol. The summed E-state index contributed by atoms with van der Waals surface area (Å²) in [5.74, 6) is 0.253. The molecule has 0 saturated carbocycles. The maximum Gasteiger partial charge on any atom is 0.458 e. The third kappa shape index (κ3) is 7.45. The third-order valence-electron chi connectivity index (χ3n) is 8.03. The van der Waals surface area contributed by atoms with E-state index in [1.165, 1.54) is 15.9 Å². The Labute approximate surface area is 261 Å². The summed E-state index contributed by atoms with van der Waals surface area (Å²) in [5.41, 5.74) is 3.86. The molecular weight excluding hydrogens is 603 g/mol. The summed E-state index contributed by atoms with van der Waals surface area (Å²) < 4.78 is 14.1. The van der Waals surface area contributed by atoms with Crippen LogP contribution < -0.4 is 10.4 Å². The van der Waals surface area contributed by atoms with Gasteiger partial charge in [0.1, 0.15) is 5.75 Å². The van der Waals surface area contributed by atoms with Crippen LogP contribution in [-0.2, 0) is 9.08 Å². The van der Waals surface area contributed by atoms with Crippen LogP contribution in [0.5, 0.6) is 5.75 Å². The molecular formula is C35H42BBrO4Si. The highest BCUT2D eigenvalue weighted by atomic mass is 79.9. The fraction of sp³-hybridized carbons (Fsp3) is 0.314. The first-order valence-corrected chi connectivity index (χ1v) is 17.4. The van der Waals surface area contributed by atoms with Gasteiger partial charge >= 0.3 is 7.12 Å². The van der Waals surface area contributed by atoms with Crippen molar-refractivity contribution >= 4 is 47.8 Å². The molecule has 0 saturated heterocycles. The van der Waals surface area contributed by atoms with E-state index in [2.05, 4.69) is 105 Å². The molecule has 4 rings (SSSR count). The van der Waals surface area contributed by atoms with Crippen LogP contribution in [0, 0.1) is 0 Å². The number of allylic oxidation sites excluding steroid dienone is 2. The molecule has 4 nitrogen and oxygen atoms in total. The van der Waals surface area contributed by atoms with Crippen LogP contribution in [0.25, 0.3) is 6.08 Å². The average molecular weight is 646 g/mol. The highest BCUT2D eigenvalue weighted by molar-refractivity contribution is 9.10. The zero-order valence-corrected chi connectivity index (χ0v) is 27.7. The Bertz CT molecular complexity index is 1380. The molecule has 1 heterocycles. The van der Waals surface area contributed by atoms with Gasteiger partial charge in [-0.2, -0.15) is 0 Å². The lowest BCUT2D eigenvalue weighted by Gasteiger charge is -2.43. The summed E-state index contributed by atoms with van der Waals surface area (Å²) in [4.78, 5) is 0. The van der Waals surface area contributed by atoms with Crippen molar-refractivity contribution in [2.45, 2.75) is 64.4 Å². The van der Waals surface area contributed by atoms with E-state index in [9.17, 15) is 10.1 Å². The van der Waals surface area contributed by atoms with E-state index in [4.69, 9.17) is 9.08 Å². The van der Waals surface area contributed by atoms with Gasteiger partial charge in [-0.05, 0) is 64.0 Å². The van der Waals surface area contributed by atoms with Crippen LogP contribution in [0.3, 0.4) is 0 Å². The van der Waals surface area contributed by atoms with Crippen LogP contribution in [-0.4, -0.2) is 38.3 Å². The van der Waals surface area contributed by atoms with Crippen molar-refractivity contribution < 1.29 is 19.2 Å². The number of phenolic OH excluding ortho intramolecular Hbond substituents is 1. The van der Waals surface area contributed by atoms with Crippen molar-refractivity contribution in [1.82, 2.24) is 0 Å². The van der Waals surface area contributed by atoms with Gasteiger partial charge in [0.2, 0.25) is 0 Å². The second-order valence-electron chi connectivity index (χ2n) is 11.9. The Kier molecular flexibility index (Phi) is 10.9. The number of halogens is 1. The van der Waals surface area contributed by atoms with Crippen LogP contribution in [0.4, 0.5) is 0 Å². The summed E-state index contributed by atoms with van der Waals surface area (Å²) in [6.07, 6.45) is 6.53. The molecule has 0 aliphatic carbocycles. The third-order valence-corrected chi connectivity index (χ3v) is 13.5. The summed E-state index contributed by atoms with van der Waals surface area (Å²) in [5, 5.41) is 23.0. The van der Waals surface area contributed by atoms with E-state index in [1.54, 1.807) is 6.07 Å². The molecule has 1 unspecified atom stereocenters. The molecule has 7 heteroatoms. The van der Waals surface area contributed by atoms with Gasteiger partial charge < -0.3 is 19.2 Å². The van der Waals surface area contributed by atoms with Crippen LogP contribution in [0.1, 0.15) is 52.5 Å². The number of hydrogen-bond donors (Lipinski definition) is 2. The van der Waals surface area contributed by atoms with E-state index in [0.29, 0.717) is 19.3 Å². The molecule has 0 bridgehead atoms. The van der Waals surface area contributed by atoms with Crippen molar-refractivity contribution in [3.05, 3.63) is 118 Å². The maximum absolute atomic E-state index is 10.4. The molecule has 3 aromatic carbocycles. The van der Waals surface area contributed by atoms with E-state index >= 15 is 0 Å². The number of hydrogen-bond acceptors (Lipinski definition) is 4. The first kappa shape index (κ1) is 32.2. The Morgan fingerprint density at radius 3 is 2.26 bits per heavy atom. The minimum atomic E-state index is -2.72. The smallest absolute Gasteiger partial charge is 0.458 e. The number of aromatic hydroxyl groups is 1. The van der Waals surface area contributed by atoms with Crippen LogP contribution in [0.15, 0.2) is 113 Å². The Morgan fingerprint density at radius 2 is 1.69 bits per heavy atom. The number of rotatable bonds is 11. The molecule has 0 radical (unpaired) electrons. The van der Waals surface area contributed by atoms with E-state index < -0.39 is 15.4 Å². The van der Waals surface area contributed by atoms with E-state index in [-0.39, 0.29) is 16.9 Å². The molecule has 42 heavy (non-hydrogen) atoms. The minimum absolute atomic E-state index is 0.137. The first-order valence-electron chi connectivity index (χ1n) is 14.7. The molecule has 1 aliphatic heterocycles. The van der Waals surface area contributed by atoms with E-state index in [1.807, 2.05) is 30.3 Å². The van der Waals surface area contributed by atoms with Gasteiger partial charge in [0, 0.05) is 16.4 Å². The van der Waals surface area contributed by atoms with Crippen LogP contribution in [0.2, 0.25) is 11.4 Å². The van der Waals surface area contributed by atoms with E-state index in [0.717, 1.165) is 34.0 Å². The molecule has 220 valence electrons. The largest absolute Gasteiger partial charge is 0.507 e. The van der Waals surface area contributed by atoms with Crippen molar-refractivity contribution in [3.8, 4) is 5.75 Å². The quantitative estimate of drug-likeness (QED) is 0.210. The Morgan fingerprint density at radius 1 is 1.07 bits per heavy atom. The Hall–Kier alpha value is -2.68. The lowest BCUT2D eigenvalue weighted by molar-refractivity contribution is 0.181. The molecule has 1 aliphatic rings. The molecule has 3 aromatic rings. The highest BCUT2D eigenvalue weighted by Gasteiger charge is 2.50. The van der Waals surface area contributed by atoms with Gasteiger partial charge in [-0.25, -0.2) is 0 Å². The van der Waals surface area contributed by atoms with Crippen molar-refractivity contribution in [2.75, 3.05) is 6.61 Å². The summed E-state index contributed by atoms with van der Waals surface area (Å²) in [6.45, 7) is 13.8. The zero-order chi connectivity index (χ0) is 30.3. The number of phenols is 1. The first-order chi connectivity index (χ1) is 20.0. The standard InChI is InChI=1S/C35H42BBrO4Si/c1-6-27(23-28-24-29(37)18-19-33(28)38)17-20-34-32(21-22-36(39)41-34)26(2)25-40-42(35(3,4)5,30-13-9-7-10-14-30)31-15-11-8-12-16-31/h7-16,18-19,21,23-24,34,38-39H,2,6,17,20,22,25H2,1,3-5H3/b27-23+. The van der Waals surface area contributed by atoms with Crippen LogP contribution >= 0.6 is 15.9 Å². The number of benzene rings is 3. The molecule has 0 aromatic heterocycles. The molecule has 2 N–H and O–H groups in total. The van der Waals surface area contributed by atoms with Gasteiger partial charge in [0.05, 0.1) is 12.7 Å². The normalized spacial score (nSPS) is 16.3. The molecule has 0 amide bonds. The Balaban J connectivity index is 1.57. The summed E-state index contributed by atoms with van der Waals surface area (Å²) in [6, 6.07) is 26.7. The topological polar surface area (TPSA) is 58.9 Å². The lowest BCUT2D eigenvalue weighted by Crippen LogP contribution is -2.66. The minimum Gasteiger partial charge on any atom is -0.507 e. The van der Waals surface area contributed by atoms with Crippen molar-refractivity contribution in [1.29, 1.82) is 0 Å². The van der Waals surface area contributed by atoms with Gasteiger partial charge in [0.15, 0.2) is 0 Å². The average Bonchev–Trinajstić information content (AvgIpc) is 2.97. The predicted octanol–water partition coefficient (Wildman–Crippen LogP) is 7.67. The zero-order valence-electron chi connectivity index (χ0n) is 25.1. The van der Waals surface area contributed by atoms with Gasteiger partial charge in [-0.1, -0.05) is 129 Å². The van der Waals surface area contributed by atoms with Crippen molar-refractivity contribution in [3.63, 3.8) is 0 Å². The van der Waals surface area contributed by atoms with Gasteiger partial charge in [-0.3, -0.25) is 0 Å². The molecule has 1 atom stereocenters. The predicted molar refractivity (Wildman–Crippen MR) is 182 cm³/mol. The fourth-order valence-corrected chi connectivity index (χ4v) is 10.8. The van der Waals surface area contributed by atoms with Gasteiger partial charge in [0.25, 0.3) is 8.32 Å². The SMILES string of the molecule is C=C(CO[Si](c1ccccc1)(c1ccccc1)C(C)(C)C)C1=CCB(O)OC1CC/C(=C/c1cc(Br)ccc1O)CC. The second kappa shape index (κ2) is 14.2. The summed E-state index contributed by atoms with van der Waals surface area (Å²) in [7, 11) is -3.56.